The lowest BCUT2D eigenvalue weighted by Gasteiger charge is -1.86. The quantitative estimate of drug-likeness (QED) is 0.419. The SMILES string of the molecule is C=NC(C)=CC=C(C)N=C. The van der Waals surface area contributed by atoms with Crippen molar-refractivity contribution in [3.8, 4) is 0 Å². The summed E-state index contributed by atoms with van der Waals surface area (Å²) < 4.78 is 0. The molecule has 2 heteroatoms. The van der Waals surface area contributed by atoms with Crippen molar-refractivity contribution in [2.45, 2.75) is 13.8 Å². The van der Waals surface area contributed by atoms with E-state index in [1.165, 1.54) is 0 Å². The summed E-state index contributed by atoms with van der Waals surface area (Å²) in [6.07, 6.45) is 3.69. The molecule has 0 bridgehead atoms. The molecule has 2 nitrogen and oxygen atoms in total. The molecule has 0 N–H and O–H groups in total. The minimum absolute atomic E-state index is 0.878. The van der Waals surface area contributed by atoms with Crippen LogP contribution in [0.5, 0.6) is 0 Å². The van der Waals surface area contributed by atoms with Crippen molar-refractivity contribution in [1.29, 1.82) is 0 Å². The molecule has 10 heavy (non-hydrogen) atoms. The van der Waals surface area contributed by atoms with E-state index < -0.39 is 0 Å². The Kier molecular flexibility index (Phi) is 4.12. The monoisotopic (exact) mass is 136 g/mol. The van der Waals surface area contributed by atoms with Crippen molar-refractivity contribution in [2.24, 2.45) is 9.98 Å². The van der Waals surface area contributed by atoms with E-state index in [2.05, 4.69) is 23.4 Å². The highest BCUT2D eigenvalue weighted by Crippen LogP contribution is 1.97. The van der Waals surface area contributed by atoms with Crippen molar-refractivity contribution in [3.05, 3.63) is 23.5 Å². The zero-order chi connectivity index (χ0) is 7.98. The Labute approximate surface area is 61.7 Å². The fourth-order valence-electron chi connectivity index (χ4n) is 0.347. The van der Waals surface area contributed by atoms with Gasteiger partial charge in [-0.1, -0.05) is 0 Å². The first-order valence-electron chi connectivity index (χ1n) is 2.99. The topological polar surface area (TPSA) is 24.7 Å². The molecular formula is C8H12N2. The zero-order valence-corrected chi connectivity index (χ0v) is 6.46. The molecule has 0 heterocycles. The van der Waals surface area contributed by atoms with E-state index in [1.807, 2.05) is 26.0 Å². The van der Waals surface area contributed by atoms with Gasteiger partial charge in [0.05, 0.1) is 0 Å². The van der Waals surface area contributed by atoms with E-state index >= 15 is 0 Å². The van der Waals surface area contributed by atoms with Gasteiger partial charge >= 0.3 is 0 Å². The Hall–Kier alpha value is -1.18. The lowest BCUT2D eigenvalue weighted by atomic mass is 10.4. The molecule has 0 amide bonds. The van der Waals surface area contributed by atoms with Gasteiger partial charge < -0.3 is 0 Å². The summed E-state index contributed by atoms with van der Waals surface area (Å²) in [5.41, 5.74) is 1.76. The van der Waals surface area contributed by atoms with Crippen LogP contribution in [0.15, 0.2) is 33.5 Å². The second-order valence-corrected chi connectivity index (χ2v) is 1.93. The van der Waals surface area contributed by atoms with Crippen LogP contribution in [0.4, 0.5) is 0 Å². The summed E-state index contributed by atoms with van der Waals surface area (Å²) in [6, 6.07) is 0. The zero-order valence-electron chi connectivity index (χ0n) is 6.46. The average molecular weight is 136 g/mol. The number of rotatable bonds is 3. The molecule has 0 aromatic carbocycles. The van der Waals surface area contributed by atoms with Crippen LogP contribution in [0.2, 0.25) is 0 Å². The van der Waals surface area contributed by atoms with E-state index in [4.69, 9.17) is 0 Å². The Bertz CT molecular complexity index is 165. The van der Waals surface area contributed by atoms with Crippen LogP contribution in [-0.4, -0.2) is 13.4 Å². The first-order chi connectivity index (χ1) is 4.70. The molecule has 0 saturated heterocycles. The normalized spacial score (nSPS) is 13.0. The first-order valence-corrected chi connectivity index (χ1v) is 2.99. The number of hydrogen-bond acceptors (Lipinski definition) is 2. The fourth-order valence-corrected chi connectivity index (χ4v) is 0.347. The van der Waals surface area contributed by atoms with Gasteiger partial charge in [0.1, 0.15) is 0 Å². The van der Waals surface area contributed by atoms with Gasteiger partial charge in [-0.25, -0.2) is 0 Å². The van der Waals surface area contributed by atoms with Gasteiger partial charge in [0.2, 0.25) is 0 Å². The lowest BCUT2D eigenvalue weighted by molar-refractivity contribution is 1.29. The predicted octanol–water partition coefficient (Wildman–Crippen LogP) is 2.20. The average Bonchev–Trinajstić information content (AvgIpc) is 1.99. The predicted molar refractivity (Wildman–Crippen MR) is 46.6 cm³/mol. The molecule has 0 aromatic heterocycles. The minimum Gasteiger partial charge on any atom is -0.269 e. The van der Waals surface area contributed by atoms with Crippen LogP contribution in [0.25, 0.3) is 0 Å². The molecule has 0 aromatic rings. The van der Waals surface area contributed by atoms with Gasteiger partial charge in [-0.05, 0) is 39.4 Å². The van der Waals surface area contributed by atoms with Crippen LogP contribution >= 0.6 is 0 Å². The number of allylic oxidation sites excluding steroid dienone is 4. The Morgan fingerprint density at radius 3 is 1.50 bits per heavy atom. The van der Waals surface area contributed by atoms with Crippen LogP contribution in [-0.2, 0) is 0 Å². The molecule has 0 aliphatic heterocycles. The van der Waals surface area contributed by atoms with Gasteiger partial charge in [0, 0.05) is 11.4 Å². The van der Waals surface area contributed by atoms with E-state index in [0.717, 1.165) is 11.4 Å². The van der Waals surface area contributed by atoms with Crippen LogP contribution < -0.4 is 0 Å². The smallest absolute Gasteiger partial charge is 0.0366 e. The van der Waals surface area contributed by atoms with Crippen molar-refractivity contribution < 1.29 is 0 Å². The van der Waals surface area contributed by atoms with E-state index in [9.17, 15) is 0 Å². The Morgan fingerprint density at radius 2 is 1.30 bits per heavy atom. The maximum atomic E-state index is 3.70. The highest BCUT2D eigenvalue weighted by atomic mass is 14.7. The van der Waals surface area contributed by atoms with Gasteiger partial charge in [-0.15, -0.1) is 0 Å². The first kappa shape index (κ1) is 8.82. The van der Waals surface area contributed by atoms with Gasteiger partial charge in [-0.3, -0.25) is 9.98 Å². The van der Waals surface area contributed by atoms with Gasteiger partial charge in [0.25, 0.3) is 0 Å². The van der Waals surface area contributed by atoms with Crippen molar-refractivity contribution in [1.82, 2.24) is 0 Å². The largest absolute Gasteiger partial charge is 0.269 e. The number of nitrogens with zero attached hydrogens (tertiary/aromatic N) is 2. The van der Waals surface area contributed by atoms with Crippen molar-refractivity contribution in [2.75, 3.05) is 0 Å². The minimum atomic E-state index is 0.878. The molecule has 0 radical (unpaired) electrons. The molecule has 54 valence electrons. The second kappa shape index (κ2) is 4.68. The van der Waals surface area contributed by atoms with Crippen LogP contribution in [0, 0.1) is 0 Å². The third-order valence-electron chi connectivity index (χ3n) is 1.06. The molecule has 0 unspecified atom stereocenters. The molecule has 0 aliphatic rings. The summed E-state index contributed by atoms with van der Waals surface area (Å²) in [5, 5.41) is 0. The number of aliphatic imine (C=N–C) groups is 2. The molecule has 0 aliphatic carbocycles. The highest BCUT2D eigenvalue weighted by Gasteiger charge is 1.78. The van der Waals surface area contributed by atoms with Gasteiger partial charge in [0.15, 0.2) is 0 Å². The third kappa shape index (κ3) is 3.78. The molecular weight excluding hydrogens is 124 g/mol. The maximum absolute atomic E-state index is 3.70. The summed E-state index contributed by atoms with van der Waals surface area (Å²) in [7, 11) is 0. The summed E-state index contributed by atoms with van der Waals surface area (Å²) >= 11 is 0. The summed E-state index contributed by atoms with van der Waals surface area (Å²) in [5.74, 6) is 0. The van der Waals surface area contributed by atoms with E-state index in [1.54, 1.807) is 0 Å². The lowest BCUT2D eigenvalue weighted by Crippen LogP contribution is -1.67. The highest BCUT2D eigenvalue weighted by molar-refractivity contribution is 5.32. The summed E-state index contributed by atoms with van der Waals surface area (Å²) in [6.45, 7) is 10.5. The molecule has 0 atom stereocenters. The van der Waals surface area contributed by atoms with E-state index in [0.29, 0.717) is 0 Å². The Balaban J connectivity index is 4.16. The van der Waals surface area contributed by atoms with Crippen molar-refractivity contribution >= 4 is 13.4 Å². The Morgan fingerprint density at radius 1 is 1.00 bits per heavy atom. The second-order valence-electron chi connectivity index (χ2n) is 1.93. The van der Waals surface area contributed by atoms with Crippen LogP contribution in [0.3, 0.4) is 0 Å². The van der Waals surface area contributed by atoms with Crippen LogP contribution in [0.1, 0.15) is 13.8 Å². The molecule has 0 saturated carbocycles. The standard InChI is InChI=1S/C8H12N2/c1-7(9-3)5-6-8(2)10-4/h5-6H,3-4H2,1-2H3. The third-order valence-corrected chi connectivity index (χ3v) is 1.06. The summed E-state index contributed by atoms with van der Waals surface area (Å²) in [4.78, 5) is 7.40. The molecule has 0 fully saturated rings. The number of hydrogen-bond donors (Lipinski definition) is 0. The van der Waals surface area contributed by atoms with Gasteiger partial charge in [-0.2, -0.15) is 0 Å². The fraction of sp³-hybridized carbons (Fsp3) is 0.250. The van der Waals surface area contributed by atoms with Crippen molar-refractivity contribution in [3.63, 3.8) is 0 Å². The molecule has 0 rings (SSSR count). The molecule has 0 spiro atoms. The van der Waals surface area contributed by atoms with E-state index in [-0.39, 0.29) is 0 Å². The maximum Gasteiger partial charge on any atom is 0.0366 e.